The first-order valence-corrected chi connectivity index (χ1v) is 10.6. The van der Waals surface area contributed by atoms with Crippen molar-refractivity contribution in [2.45, 2.75) is 31.7 Å². The van der Waals surface area contributed by atoms with E-state index in [1.165, 1.54) is 12.1 Å². The van der Waals surface area contributed by atoms with E-state index in [-0.39, 0.29) is 18.0 Å². The van der Waals surface area contributed by atoms with Gasteiger partial charge in [0.2, 0.25) is 11.8 Å². The minimum Gasteiger partial charge on any atom is -0.340 e. The van der Waals surface area contributed by atoms with Gasteiger partial charge in [0.05, 0.1) is 6.04 Å². The lowest BCUT2D eigenvalue weighted by Crippen LogP contribution is -2.47. The number of amides is 3. The zero-order chi connectivity index (χ0) is 21.8. The van der Waals surface area contributed by atoms with Crippen molar-refractivity contribution in [3.05, 3.63) is 41.8 Å². The van der Waals surface area contributed by atoms with Gasteiger partial charge in [-0.05, 0) is 38.1 Å². The minimum absolute atomic E-state index is 0.0878. The molecule has 0 radical (unpaired) electrons. The normalized spacial score (nSPS) is 19.6. The van der Waals surface area contributed by atoms with Crippen LogP contribution in [0, 0.1) is 5.82 Å². The lowest BCUT2D eigenvalue weighted by molar-refractivity contribution is -0.132. The zero-order valence-electron chi connectivity index (χ0n) is 17.6. The van der Waals surface area contributed by atoms with Crippen molar-refractivity contribution in [1.29, 1.82) is 0 Å². The van der Waals surface area contributed by atoms with E-state index in [0.29, 0.717) is 36.8 Å². The number of likely N-dealkylation sites (tertiary alicyclic amines) is 1. The van der Waals surface area contributed by atoms with E-state index in [9.17, 15) is 14.0 Å². The summed E-state index contributed by atoms with van der Waals surface area (Å²) in [5, 5.41) is 6.77. The average molecular weight is 430 g/mol. The van der Waals surface area contributed by atoms with E-state index in [1.807, 2.05) is 11.9 Å². The molecule has 2 saturated heterocycles. The average Bonchev–Trinajstić information content (AvgIpc) is 3.42. The topological polar surface area (TPSA) is 94.8 Å². The minimum atomic E-state index is -0.412. The molecular formula is C21H27FN6O3. The molecule has 31 heavy (non-hydrogen) atoms. The molecule has 3 heterocycles. The number of anilines is 1. The number of urea groups is 1. The van der Waals surface area contributed by atoms with Gasteiger partial charge in [0.1, 0.15) is 5.82 Å². The number of nitrogens with zero attached hydrogens (tertiary/aromatic N) is 5. The van der Waals surface area contributed by atoms with Crippen LogP contribution in [0.15, 0.2) is 28.8 Å². The van der Waals surface area contributed by atoms with Gasteiger partial charge in [-0.1, -0.05) is 11.2 Å². The van der Waals surface area contributed by atoms with Crippen LogP contribution in [-0.2, 0) is 11.2 Å². The van der Waals surface area contributed by atoms with Crippen molar-refractivity contribution in [1.82, 2.24) is 24.8 Å². The van der Waals surface area contributed by atoms with Crippen molar-refractivity contribution in [2.75, 3.05) is 45.1 Å². The number of hydrogen-bond donors (Lipinski definition) is 1. The first-order valence-electron chi connectivity index (χ1n) is 10.6. The molecule has 1 N–H and O–H groups in total. The zero-order valence-corrected chi connectivity index (χ0v) is 17.6. The second-order valence-electron chi connectivity index (χ2n) is 8.02. The Morgan fingerprint density at radius 3 is 2.81 bits per heavy atom. The molecule has 10 heteroatoms. The number of likely N-dealkylation sites (N-methyl/N-ethyl adjacent to an activating group) is 1. The molecule has 1 aromatic carbocycles. The van der Waals surface area contributed by atoms with Gasteiger partial charge in [0.15, 0.2) is 5.82 Å². The quantitative estimate of drug-likeness (QED) is 0.782. The van der Waals surface area contributed by atoms with Crippen LogP contribution in [-0.4, -0.2) is 76.6 Å². The number of hydrogen-bond acceptors (Lipinski definition) is 6. The Labute approximate surface area is 180 Å². The fourth-order valence-electron chi connectivity index (χ4n) is 3.97. The lowest BCUT2D eigenvalue weighted by Gasteiger charge is -2.32. The number of nitrogens with one attached hydrogen (secondary N) is 1. The fraction of sp³-hybridized carbons (Fsp3) is 0.524. The summed E-state index contributed by atoms with van der Waals surface area (Å²) in [5.41, 5.74) is 0.395. The molecule has 1 atom stereocenters. The van der Waals surface area contributed by atoms with Gasteiger partial charge < -0.3 is 24.5 Å². The number of carbonyl (C=O) groups is 2. The van der Waals surface area contributed by atoms with Crippen LogP contribution in [0.25, 0.3) is 0 Å². The molecule has 4 rings (SSSR count). The second-order valence-corrected chi connectivity index (χ2v) is 8.02. The highest BCUT2D eigenvalue weighted by Gasteiger charge is 2.33. The number of rotatable bonds is 5. The molecule has 0 aliphatic carbocycles. The highest BCUT2D eigenvalue weighted by atomic mass is 19.1. The summed E-state index contributed by atoms with van der Waals surface area (Å²) in [5.74, 6) is 0.512. The van der Waals surface area contributed by atoms with Gasteiger partial charge in [-0.3, -0.25) is 4.79 Å². The maximum absolute atomic E-state index is 13.4. The first-order chi connectivity index (χ1) is 15.0. The molecule has 1 aromatic heterocycles. The molecule has 0 saturated carbocycles. The van der Waals surface area contributed by atoms with E-state index in [1.54, 1.807) is 17.0 Å². The molecule has 1 unspecified atom stereocenters. The predicted octanol–water partition coefficient (Wildman–Crippen LogP) is 2.28. The molecular weight excluding hydrogens is 403 g/mol. The number of benzene rings is 1. The molecule has 2 aliphatic heterocycles. The summed E-state index contributed by atoms with van der Waals surface area (Å²) in [6, 6.07) is 5.14. The summed E-state index contributed by atoms with van der Waals surface area (Å²) in [6.07, 6.45) is 2.23. The summed E-state index contributed by atoms with van der Waals surface area (Å²) in [4.78, 5) is 35.2. The van der Waals surface area contributed by atoms with E-state index in [2.05, 4.69) is 20.4 Å². The Bertz CT molecular complexity index is 927. The Morgan fingerprint density at radius 2 is 2.03 bits per heavy atom. The van der Waals surface area contributed by atoms with Gasteiger partial charge in [-0.25, -0.2) is 9.18 Å². The van der Waals surface area contributed by atoms with Crippen LogP contribution < -0.4 is 5.32 Å². The number of piperazine rings is 1. The lowest BCUT2D eigenvalue weighted by atomic mass is 10.2. The number of aromatic nitrogens is 2. The molecule has 9 nitrogen and oxygen atoms in total. The third-order valence-electron chi connectivity index (χ3n) is 5.78. The van der Waals surface area contributed by atoms with Crippen molar-refractivity contribution in [3.63, 3.8) is 0 Å². The van der Waals surface area contributed by atoms with Crippen molar-refractivity contribution >= 4 is 17.6 Å². The SMILES string of the molecule is CN1CCN(C(=O)CCc2nc(C3CCCN3C(=O)Nc3cccc(F)c3)no2)CC1. The van der Waals surface area contributed by atoms with Crippen molar-refractivity contribution in [3.8, 4) is 0 Å². The monoisotopic (exact) mass is 430 g/mol. The maximum Gasteiger partial charge on any atom is 0.322 e. The third-order valence-corrected chi connectivity index (χ3v) is 5.78. The van der Waals surface area contributed by atoms with Crippen LogP contribution in [0.1, 0.15) is 37.0 Å². The Balaban J connectivity index is 1.33. The maximum atomic E-state index is 13.4. The van der Waals surface area contributed by atoms with Crippen LogP contribution in [0.3, 0.4) is 0 Å². The molecule has 2 aromatic rings. The summed E-state index contributed by atoms with van der Waals surface area (Å²) < 4.78 is 18.7. The Morgan fingerprint density at radius 1 is 1.23 bits per heavy atom. The van der Waals surface area contributed by atoms with Gasteiger partial charge >= 0.3 is 6.03 Å². The number of carbonyl (C=O) groups excluding carboxylic acids is 2. The summed E-state index contributed by atoms with van der Waals surface area (Å²) in [6.45, 7) is 3.79. The molecule has 3 amide bonds. The van der Waals surface area contributed by atoms with Gasteiger partial charge in [-0.2, -0.15) is 4.98 Å². The smallest absolute Gasteiger partial charge is 0.322 e. The van der Waals surface area contributed by atoms with E-state index in [4.69, 9.17) is 4.52 Å². The standard InChI is InChI=1S/C21H27FN6O3/c1-26-10-12-27(13-11-26)19(29)8-7-18-24-20(25-31-18)17-6-3-9-28(17)21(30)23-16-5-2-4-15(22)14-16/h2,4-5,14,17H,3,6-13H2,1H3,(H,23,30). The van der Waals surface area contributed by atoms with Crippen molar-refractivity contribution < 1.29 is 18.5 Å². The Kier molecular flexibility index (Phi) is 6.45. The highest BCUT2D eigenvalue weighted by molar-refractivity contribution is 5.89. The number of halogens is 1. The van der Waals surface area contributed by atoms with Gasteiger partial charge in [0, 0.05) is 51.3 Å². The van der Waals surface area contributed by atoms with E-state index < -0.39 is 5.82 Å². The molecule has 0 spiro atoms. The summed E-state index contributed by atoms with van der Waals surface area (Å²) in [7, 11) is 2.05. The number of aryl methyl sites for hydroxylation is 1. The van der Waals surface area contributed by atoms with Crippen LogP contribution in [0.2, 0.25) is 0 Å². The fourth-order valence-corrected chi connectivity index (χ4v) is 3.97. The summed E-state index contributed by atoms with van der Waals surface area (Å²) >= 11 is 0. The third kappa shape index (κ3) is 5.19. The van der Waals surface area contributed by atoms with Crippen LogP contribution in [0.5, 0.6) is 0 Å². The molecule has 2 fully saturated rings. The molecule has 2 aliphatic rings. The van der Waals surface area contributed by atoms with Crippen LogP contribution >= 0.6 is 0 Å². The van der Waals surface area contributed by atoms with E-state index >= 15 is 0 Å². The largest absolute Gasteiger partial charge is 0.340 e. The van der Waals surface area contributed by atoms with Crippen LogP contribution in [0.4, 0.5) is 14.9 Å². The van der Waals surface area contributed by atoms with Gasteiger partial charge in [-0.15, -0.1) is 0 Å². The van der Waals surface area contributed by atoms with Gasteiger partial charge in [0.25, 0.3) is 0 Å². The first kappa shape index (κ1) is 21.2. The van der Waals surface area contributed by atoms with Crippen molar-refractivity contribution in [2.24, 2.45) is 0 Å². The second kappa shape index (κ2) is 9.42. The highest BCUT2D eigenvalue weighted by Crippen LogP contribution is 2.31. The molecule has 0 bridgehead atoms. The predicted molar refractivity (Wildman–Crippen MR) is 111 cm³/mol. The Hall–Kier alpha value is -3.01. The van der Waals surface area contributed by atoms with E-state index in [0.717, 1.165) is 39.0 Å². The molecule has 166 valence electrons.